The lowest BCUT2D eigenvalue weighted by Gasteiger charge is -2.33. The molecule has 1 aliphatic heterocycles. The van der Waals surface area contributed by atoms with Crippen molar-refractivity contribution in [1.29, 1.82) is 0 Å². The Morgan fingerprint density at radius 2 is 0.818 bits per heavy atom. The van der Waals surface area contributed by atoms with E-state index in [2.05, 4.69) is 102 Å². The second kappa shape index (κ2) is 11.3. The highest BCUT2D eigenvalue weighted by molar-refractivity contribution is 7.99. The Bertz CT molecular complexity index is 2020. The number of fused-ring (bicyclic) bond motifs is 2. The van der Waals surface area contributed by atoms with E-state index in [0.29, 0.717) is 17.5 Å². The second-order valence-corrected chi connectivity index (χ2v) is 11.6. The molecule has 0 atom stereocenters. The minimum absolute atomic E-state index is 0.645. The van der Waals surface area contributed by atoms with E-state index in [0.717, 1.165) is 22.4 Å². The van der Waals surface area contributed by atoms with Gasteiger partial charge < -0.3 is 4.90 Å². The fourth-order valence-electron chi connectivity index (χ4n) is 5.54. The van der Waals surface area contributed by atoms with Gasteiger partial charge in [-0.15, -0.1) is 0 Å². The van der Waals surface area contributed by atoms with Crippen LogP contribution in [0.15, 0.2) is 168 Å². The molecule has 0 amide bonds. The third-order valence-electron chi connectivity index (χ3n) is 7.72. The van der Waals surface area contributed by atoms with Gasteiger partial charge in [0.15, 0.2) is 17.5 Å². The molecule has 44 heavy (non-hydrogen) atoms. The lowest BCUT2D eigenvalue weighted by Crippen LogP contribution is -2.14. The van der Waals surface area contributed by atoms with Gasteiger partial charge in [-0.3, -0.25) is 0 Å². The molecule has 4 nitrogen and oxygen atoms in total. The van der Waals surface area contributed by atoms with Crippen molar-refractivity contribution < 1.29 is 0 Å². The highest BCUT2D eigenvalue weighted by atomic mass is 32.2. The normalized spacial score (nSPS) is 12.0. The van der Waals surface area contributed by atoms with E-state index < -0.39 is 0 Å². The van der Waals surface area contributed by atoms with Crippen molar-refractivity contribution >= 4 is 28.8 Å². The molecule has 1 aromatic heterocycles. The van der Waals surface area contributed by atoms with Crippen LogP contribution in [0.2, 0.25) is 0 Å². The maximum atomic E-state index is 4.91. The minimum atomic E-state index is 0.645. The number of rotatable bonds is 5. The molecule has 7 aromatic rings. The molecule has 0 spiro atoms. The van der Waals surface area contributed by atoms with E-state index in [9.17, 15) is 0 Å². The number of para-hydroxylation sites is 1. The Morgan fingerprint density at radius 1 is 0.364 bits per heavy atom. The predicted molar refractivity (Wildman–Crippen MR) is 180 cm³/mol. The summed E-state index contributed by atoms with van der Waals surface area (Å²) in [6, 6.07) is 54.6. The van der Waals surface area contributed by atoms with Gasteiger partial charge in [-0.05, 0) is 59.7 Å². The summed E-state index contributed by atoms with van der Waals surface area (Å²) in [4.78, 5) is 19.5. The Hall–Kier alpha value is -5.52. The molecule has 5 heteroatoms. The van der Waals surface area contributed by atoms with Gasteiger partial charge in [0.25, 0.3) is 0 Å². The summed E-state index contributed by atoms with van der Waals surface area (Å²) >= 11 is 1.82. The van der Waals surface area contributed by atoms with Crippen molar-refractivity contribution in [2.75, 3.05) is 4.90 Å². The quantitative estimate of drug-likeness (QED) is 0.202. The minimum Gasteiger partial charge on any atom is -0.308 e. The monoisotopic (exact) mass is 582 g/mol. The largest absolute Gasteiger partial charge is 0.308 e. The summed E-state index contributed by atoms with van der Waals surface area (Å²) in [6.07, 6.45) is 0. The van der Waals surface area contributed by atoms with E-state index in [-0.39, 0.29) is 0 Å². The summed E-state index contributed by atoms with van der Waals surface area (Å²) in [7, 11) is 0. The number of nitrogens with zero attached hydrogens (tertiary/aromatic N) is 4. The number of hydrogen-bond acceptors (Lipinski definition) is 5. The van der Waals surface area contributed by atoms with Crippen LogP contribution in [-0.4, -0.2) is 15.0 Å². The van der Waals surface area contributed by atoms with Gasteiger partial charge in [-0.2, -0.15) is 0 Å². The van der Waals surface area contributed by atoms with Crippen molar-refractivity contribution in [2.24, 2.45) is 0 Å². The topological polar surface area (TPSA) is 41.9 Å². The van der Waals surface area contributed by atoms with Crippen LogP contribution in [0.5, 0.6) is 0 Å². The fourth-order valence-corrected chi connectivity index (χ4v) is 6.64. The van der Waals surface area contributed by atoms with E-state index in [1.54, 1.807) is 0 Å². The molecule has 1 aliphatic rings. The zero-order valence-corrected chi connectivity index (χ0v) is 24.5. The molecule has 0 fully saturated rings. The van der Waals surface area contributed by atoms with Crippen LogP contribution in [-0.2, 0) is 0 Å². The Morgan fingerprint density at radius 3 is 1.41 bits per heavy atom. The lowest BCUT2D eigenvalue weighted by molar-refractivity contribution is 1.07. The predicted octanol–water partition coefficient (Wildman–Crippen LogP) is 10.5. The average molecular weight is 583 g/mol. The first-order chi connectivity index (χ1) is 21.8. The molecular formula is C39H26N4S. The van der Waals surface area contributed by atoms with Crippen molar-refractivity contribution in [3.05, 3.63) is 158 Å². The lowest BCUT2D eigenvalue weighted by atomic mass is 10.0. The molecule has 208 valence electrons. The molecule has 0 saturated carbocycles. The van der Waals surface area contributed by atoms with Gasteiger partial charge in [0.05, 0.1) is 11.4 Å². The third kappa shape index (κ3) is 4.93. The number of hydrogen-bond donors (Lipinski definition) is 0. The number of aromatic nitrogens is 3. The summed E-state index contributed by atoms with van der Waals surface area (Å²) in [5, 5.41) is 0. The molecule has 0 radical (unpaired) electrons. The van der Waals surface area contributed by atoms with E-state index in [1.807, 2.05) is 72.4 Å². The van der Waals surface area contributed by atoms with E-state index >= 15 is 0 Å². The smallest absolute Gasteiger partial charge is 0.164 e. The van der Waals surface area contributed by atoms with Gasteiger partial charge in [0.1, 0.15) is 0 Å². The second-order valence-electron chi connectivity index (χ2n) is 10.5. The summed E-state index contributed by atoms with van der Waals surface area (Å²) in [5.41, 5.74) is 8.69. The maximum Gasteiger partial charge on any atom is 0.164 e. The van der Waals surface area contributed by atoms with Crippen LogP contribution in [0.1, 0.15) is 0 Å². The summed E-state index contributed by atoms with van der Waals surface area (Å²) in [6.45, 7) is 0. The van der Waals surface area contributed by atoms with Crippen LogP contribution >= 0.6 is 11.8 Å². The third-order valence-corrected chi connectivity index (χ3v) is 8.83. The standard InChI is InChI=1S/C39H26N4S/c1-4-12-27(13-5-1)31-22-25-34-36(26-31)44-35-19-11-10-18-33(35)43(34)32-23-20-30(21-24-32)39-41-37(28-14-6-2-7-15-28)40-38(42-39)29-16-8-3-9-17-29/h1-26H. The van der Waals surface area contributed by atoms with E-state index in [4.69, 9.17) is 15.0 Å². The van der Waals surface area contributed by atoms with Crippen molar-refractivity contribution in [3.8, 4) is 45.3 Å². The fraction of sp³-hybridized carbons (Fsp3) is 0. The summed E-state index contributed by atoms with van der Waals surface area (Å²) < 4.78 is 0. The highest BCUT2D eigenvalue weighted by Gasteiger charge is 2.25. The number of anilines is 3. The van der Waals surface area contributed by atoms with E-state index in [1.165, 1.54) is 32.3 Å². The molecule has 0 N–H and O–H groups in total. The van der Waals surface area contributed by atoms with Crippen molar-refractivity contribution in [2.45, 2.75) is 9.79 Å². The van der Waals surface area contributed by atoms with Crippen LogP contribution in [0, 0.1) is 0 Å². The van der Waals surface area contributed by atoms with Gasteiger partial charge in [0, 0.05) is 32.2 Å². The SMILES string of the molecule is c1ccc(-c2ccc3c(c2)Sc2ccccc2N3c2ccc(-c3nc(-c4ccccc4)nc(-c4ccccc4)n3)cc2)cc1. The van der Waals surface area contributed by atoms with Crippen molar-refractivity contribution in [3.63, 3.8) is 0 Å². The zero-order chi connectivity index (χ0) is 29.3. The molecular weight excluding hydrogens is 557 g/mol. The number of benzene rings is 6. The van der Waals surface area contributed by atoms with Crippen LogP contribution in [0.4, 0.5) is 17.1 Å². The highest BCUT2D eigenvalue weighted by Crippen LogP contribution is 2.52. The Kier molecular flexibility index (Phi) is 6.70. The van der Waals surface area contributed by atoms with Gasteiger partial charge >= 0.3 is 0 Å². The molecule has 8 rings (SSSR count). The first-order valence-electron chi connectivity index (χ1n) is 14.5. The van der Waals surface area contributed by atoms with Gasteiger partial charge in [0.2, 0.25) is 0 Å². The average Bonchev–Trinajstić information content (AvgIpc) is 3.11. The molecule has 0 unspecified atom stereocenters. The first-order valence-corrected chi connectivity index (χ1v) is 15.4. The molecule has 0 bridgehead atoms. The van der Waals surface area contributed by atoms with Crippen LogP contribution < -0.4 is 4.90 Å². The maximum absolute atomic E-state index is 4.91. The molecule has 6 aromatic carbocycles. The Balaban J connectivity index is 1.21. The van der Waals surface area contributed by atoms with Crippen molar-refractivity contribution in [1.82, 2.24) is 15.0 Å². The summed E-state index contributed by atoms with van der Waals surface area (Å²) in [5.74, 6) is 1.96. The first kappa shape index (κ1) is 26.1. The van der Waals surface area contributed by atoms with Gasteiger partial charge in [-0.25, -0.2) is 15.0 Å². The zero-order valence-electron chi connectivity index (χ0n) is 23.7. The van der Waals surface area contributed by atoms with Crippen LogP contribution in [0.25, 0.3) is 45.3 Å². The molecule has 2 heterocycles. The van der Waals surface area contributed by atoms with Crippen LogP contribution in [0.3, 0.4) is 0 Å². The van der Waals surface area contributed by atoms with Gasteiger partial charge in [-0.1, -0.05) is 121 Å². The molecule has 0 saturated heterocycles. The Labute approximate surface area is 260 Å². The molecule has 0 aliphatic carbocycles.